The highest BCUT2D eigenvalue weighted by Crippen LogP contribution is 2.41. The molecule has 4 aromatic carbocycles. The van der Waals surface area contributed by atoms with Crippen LogP contribution in [-0.4, -0.2) is 181 Å². The highest BCUT2D eigenvalue weighted by atomic mass is 19.3. The molecule has 0 radical (unpaired) electrons. The number of anilines is 4. The summed E-state index contributed by atoms with van der Waals surface area (Å²) in [7, 11) is 3.76. The SMILES string of the molecule is C=CC(=O)N1CCN(c2nc(OC[C@H]3COC(c4ccc(N5CCc6c(nc(OC[C@@H]7CC(F)(F)CN7C)nc6N6CCN(C(=O)C=C)[C@@H](CC#N)C6)C5)c5ccccc45)CN3C)nc3c2CCN(c2cccc4ccccc24)C3)CC1CC#N. The summed E-state index contributed by atoms with van der Waals surface area (Å²) in [6.07, 6.45) is 3.66. The predicted molar refractivity (Wildman–Crippen MR) is 320 cm³/mol. The number of piperazine rings is 2. The van der Waals surface area contributed by atoms with E-state index in [1.807, 2.05) is 12.1 Å². The number of likely N-dealkylation sites (tertiary alicyclic amines) is 1. The largest absolute Gasteiger partial charge is 0.462 e. The number of amides is 2. The molecule has 8 heterocycles. The van der Waals surface area contributed by atoms with Crippen molar-refractivity contribution in [2.45, 2.75) is 81.4 Å². The Morgan fingerprint density at radius 1 is 0.635 bits per heavy atom. The maximum atomic E-state index is 14.5. The lowest BCUT2D eigenvalue weighted by molar-refractivity contribution is -0.129. The molecule has 2 amide bonds. The van der Waals surface area contributed by atoms with E-state index in [4.69, 9.17) is 34.1 Å². The molecule has 6 aliphatic rings. The third-order valence-corrected chi connectivity index (χ3v) is 17.9. The van der Waals surface area contributed by atoms with E-state index >= 15 is 0 Å². The van der Waals surface area contributed by atoms with Crippen molar-refractivity contribution in [3.63, 3.8) is 0 Å². The quantitative estimate of drug-likeness (QED) is 0.0947. The van der Waals surface area contributed by atoms with Gasteiger partial charge in [0.25, 0.3) is 5.92 Å². The smallest absolute Gasteiger partial charge is 0.318 e. The van der Waals surface area contributed by atoms with Crippen LogP contribution in [0.1, 0.15) is 53.4 Å². The van der Waals surface area contributed by atoms with Gasteiger partial charge in [-0.2, -0.15) is 30.5 Å². The van der Waals surface area contributed by atoms with Crippen molar-refractivity contribution in [2.24, 2.45) is 0 Å². The summed E-state index contributed by atoms with van der Waals surface area (Å²) in [5, 5.41) is 24.1. The van der Waals surface area contributed by atoms with Gasteiger partial charge in [-0.3, -0.25) is 19.4 Å². The lowest BCUT2D eigenvalue weighted by Gasteiger charge is -2.42. The molecule has 85 heavy (non-hydrogen) atoms. The van der Waals surface area contributed by atoms with E-state index in [0.29, 0.717) is 90.7 Å². The van der Waals surface area contributed by atoms with Gasteiger partial charge in [-0.1, -0.05) is 79.9 Å². The van der Waals surface area contributed by atoms with Crippen LogP contribution in [0, 0.1) is 22.7 Å². The second-order valence-electron chi connectivity index (χ2n) is 23.1. The maximum Gasteiger partial charge on any atom is 0.318 e. The highest BCUT2D eigenvalue weighted by Gasteiger charge is 2.44. The number of halogens is 2. The summed E-state index contributed by atoms with van der Waals surface area (Å²) in [4.78, 5) is 62.2. The Morgan fingerprint density at radius 2 is 1.18 bits per heavy atom. The summed E-state index contributed by atoms with van der Waals surface area (Å²) in [5.41, 5.74) is 6.88. The molecule has 440 valence electrons. The second-order valence-corrected chi connectivity index (χ2v) is 23.1. The minimum absolute atomic E-state index is 0.00572. The van der Waals surface area contributed by atoms with E-state index in [1.165, 1.54) is 22.9 Å². The first-order valence-corrected chi connectivity index (χ1v) is 29.3. The van der Waals surface area contributed by atoms with Gasteiger partial charge in [0.2, 0.25) is 11.8 Å². The normalized spacial score (nSPS) is 22.6. The predicted octanol–water partition coefficient (Wildman–Crippen LogP) is 7.10. The van der Waals surface area contributed by atoms with Crippen molar-refractivity contribution in [3.8, 4) is 24.2 Å². The number of rotatable bonds is 15. The monoisotopic (exact) mass is 1150 g/mol. The van der Waals surface area contributed by atoms with Crippen molar-refractivity contribution in [2.75, 3.05) is 119 Å². The van der Waals surface area contributed by atoms with E-state index < -0.39 is 12.0 Å². The van der Waals surface area contributed by atoms with Gasteiger partial charge < -0.3 is 43.6 Å². The molecule has 0 bridgehead atoms. The lowest BCUT2D eigenvalue weighted by atomic mass is 9.96. The summed E-state index contributed by atoms with van der Waals surface area (Å²) in [6, 6.07) is 31.0. The zero-order chi connectivity index (χ0) is 58.9. The standard InChI is InChI=1S/C64H70F2N14O5/c1-5-58(81)79-30-28-77(33-43(79)20-24-67)60-52-23-27-76(36-54(52)69-62(71-60)84-38-45-32-64(65,66)41-74(45)4)56-19-18-50(48-15-9-10-16-49(48)56)57-37-73(3)46(39-83-57)40-85-63-70-53-35-75(55-17-11-13-42-12-7-8-14-47(42)55)26-22-51(53)61(72-63)78-29-31-80(59(82)6-2)44(34-78)21-25-68/h5-19,43-46,57H,1-2,20-23,26-41H2,3-4H3/t43-,44?,45-,46+,57?/m0/s1. The number of fused-ring (bicyclic) bond motifs is 4. The summed E-state index contributed by atoms with van der Waals surface area (Å²) in [6.45, 7) is 13.3. The third kappa shape index (κ3) is 11.6. The van der Waals surface area contributed by atoms with Crippen LogP contribution in [-0.2, 0) is 40.3 Å². The Labute approximate surface area is 493 Å². The van der Waals surface area contributed by atoms with Crippen molar-refractivity contribution >= 4 is 56.4 Å². The molecule has 0 N–H and O–H groups in total. The van der Waals surface area contributed by atoms with E-state index in [2.05, 4.69) is 124 Å². The first-order valence-electron chi connectivity index (χ1n) is 29.3. The van der Waals surface area contributed by atoms with E-state index in [-0.39, 0.29) is 87.1 Å². The molecule has 5 atom stereocenters. The number of carbonyl (C=O) groups excluding carboxylic acids is 2. The molecular formula is C64H70F2N14O5. The fourth-order valence-electron chi connectivity index (χ4n) is 13.4. The Balaban J connectivity index is 0.768. The Kier molecular flexibility index (Phi) is 16.2. The number of benzene rings is 4. The van der Waals surface area contributed by atoms with Crippen LogP contribution in [0.5, 0.6) is 12.0 Å². The van der Waals surface area contributed by atoms with Gasteiger partial charge >= 0.3 is 12.0 Å². The number of carbonyl (C=O) groups is 2. The average molecular weight is 1150 g/mol. The molecular weight excluding hydrogens is 1080 g/mol. The minimum atomic E-state index is -2.81. The second kappa shape index (κ2) is 24.2. The highest BCUT2D eigenvalue weighted by molar-refractivity contribution is 5.97. The van der Waals surface area contributed by atoms with Gasteiger partial charge in [0.1, 0.15) is 24.8 Å². The molecule has 19 nitrogen and oxygen atoms in total. The Hall–Kier alpha value is -8.50. The number of likely N-dealkylation sites (N-methyl/N-ethyl adjacent to an activating group) is 2. The molecule has 2 unspecified atom stereocenters. The van der Waals surface area contributed by atoms with E-state index in [9.17, 15) is 28.9 Å². The Bertz CT molecular complexity index is 3630. The molecule has 0 saturated carbocycles. The first kappa shape index (κ1) is 57.0. The van der Waals surface area contributed by atoms with Crippen molar-refractivity contribution in [1.82, 2.24) is 39.5 Å². The topological polar surface area (TPSA) is 187 Å². The number of morpholine rings is 1. The van der Waals surface area contributed by atoms with Crippen molar-refractivity contribution < 1.29 is 32.6 Å². The van der Waals surface area contributed by atoms with Crippen LogP contribution in [0.15, 0.2) is 104 Å². The number of hydrogen-bond acceptors (Lipinski definition) is 17. The van der Waals surface area contributed by atoms with Gasteiger partial charge in [-0.15, -0.1) is 0 Å². The van der Waals surface area contributed by atoms with E-state index in [0.717, 1.165) is 62.6 Å². The number of aromatic nitrogens is 4. The number of nitrogens with zero attached hydrogens (tertiary/aromatic N) is 14. The van der Waals surface area contributed by atoms with Gasteiger partial charge in [-0.05, 0) is 67.6 Å². The first-order chi connectivity index (χ1) is 41.3. The minimum Gasteiger partial charge on any atom is -0.462 e. The summed E-state index contributed by atoms with van der Waals surface area (Å²) in [5.74, 6) is -1.78. The number of alkyl halides is 2. The molecule has 0 spiro atoms. The number of ether oxygens (including phenoxy) is 3. The number of nitriles is 2. The molecule has 0 aliphatic carbocycles. The van der Waals surface area contributed by atoms with Crippen LogP contribution in [0.4, 0.5) is 31.8 Å². The number of hydrogen-bond donors (Lipinski definition) is 0. The molecule has 21 heteroatoms. The molecule has 2 aromatic heterocycles. The Morgan fingerprint density at radius 3 is 1.73 bits per heavy atom. The van der Waals surface area contributed by atoms with Crippen LogP contribution >= 0.6 is 0 Å². The van der Waals surface area contributed by atoms with Crippen LogP contribution in [0.2, 0.25) is 0 Å². The van der Waals surface area contributed by atoms with Crippen LogP contribution in [0.3, 0.4) is 0 Å². The zero-order valence-electron chi connectivity index (χ0n) is 48.2. The lowest BCUT2D eigenvalue weighted by Crippen LogP contribution is -2.55. The maximum absolute atomic E-state index is 14.5. The van der Waals surface area contributed by atoms with Crippen LogP contribution < -0.4 is 29.1 Å². The van der Waals surface area contributed by atoms with Gasteiger partial charge in [0, 0.05) is 105 Å². The summed E-state index contributed by atoms with van der Waals surface area (Å²) >= 11 is 0. The van der Waals surface area contributed by atoms with Crippen LogP contribution in [0.25, 0.3) is 21.5 Å². The fourth-order valence-corrected chi connectivity index (χ4v) is 13.4. The fraction of sp³-hybridized carbons (Fsp3) is 0.438. The molecule has 6 aromatic rings. The van der Waals surface area contributed by atoms with Crippen molar-refractivity contribution in [3.05, 3.63) is 132 Å². The molecule has 4 saturated heterocycles. The molecule has 4 fully saturated rings. The average Bonchev–Trinajstić information content (AvgIpc) is 2.31. The zero-order valence-corrected chi connectivity index (χ0v) is 48.2. The van der Waals surface area contributed by atoms with E-state index in [1.54, 1.807) is 21.7 Å². The van der Waals surface area contributed by atoms with Gasteiger partial charge in [0.05, 0.1) is 86.8 Å². The third-order valence-electron chi connectivity index (χ3n) is 17.9. The van der Waals surface area contributed by atoms with Gasteiger partial charge in [-0.25, -0.2) is 8.78 Å². The molecule has 12 rings (SSSR count). The molecule has 6 aliphatic heterocycles. The van der Waals surface area contributed by atoms with Crippen molar-refractivity contribution in [1.29, 1.82) is 10.5 Å². The van der Waals surface area contributed by atoms with Gasteiger partial charge in [0.15, 0.2) is 0 Å². The summed E-state index contributed by atoms with van der Waals surface area (Å²) < 4.78 is 48.6.